The number of hydrogen-bond donors (Lipinski definition) is 2. The van der Waals surface area contributed by atoms with Gasteiger partial charge >= 0.3 is 0 Å². The van der Waals surface area contributed by atoms with E-state index in [1.807, 2.05) is 12.4 Å². The summed E-state index contributed by atoms with van der Waals surface area (Å²) in [5.74, 6) is 0.494. The van der Waals surface area contributed by atoms with Crippen LogP contribution in [0.15, 0.2) is 36.7 Å². The number of benzene rings is 1. The molecule has 4 rings (SSSR count). The van der Waals surface area contributed by atoms with Gasteiger partial charge in [-0.3, -0.25) is 9.89 Å². The number of carbonyl (C=O) groups is 1. The molecule has 1 unspecified atom stereocenters. The van der Waals surface area contributed by atoms with E-state index < -0.39 is 0 Å². The molecule has 24 heavy (non-hydrogen) atoms. The first kappa shape index (κ1) is 15.4. The van der Waals surface area contributed by atoms with Crippen molar-refractivity contribution in [3.63, 3.8) is 0 Å². The van der Waals surface area contributed by atoms with E-state index >= 15 is 0 Å². The Balaban J connectivity index is 1.46. The topological polar surface area (TPSA) is 61.0 Å². The zero-order valence-corrected chi connectivity index (χ0v) is 13.9. The molecule has 1 aliphatic carbocycles. The normalized spacial score (nSPS) is 20.8. The Hall–Kier alpha value is -2.14. The van der Waals surface area contributed by atoms with Gasteiger partial charge in [-0.2, -0.15) is 5.10 Å². The first-order valence-electron chi connectivity index (χ1n) is 8.90. The lowest BCUT2D eigenvalue weighted by Gasteiger charge is -2.30. The van der Waals surface area contributed by atoms with Gasteiger partial charge in [0.2, 0.25) is 5.91 Å². The van der Waals surface area contributed by atoms with Gasteiger partial charge in [0.05, 0.1) is 12.1 Å². The molecule has 126 valence electrons. The summed E-state index contributed by atoms with van der Waals surface area (Å²) in [6, 6.07) is 8.93. The zero-order chi connectivity index (χ0) is 16.4. The van der Waals surface area contributed by atoms with E-state index in [4.69, 9.17) is 0 Å². The first-order chi connectivity index (χ1) is 11.8. The highest BCUT2D eigenvalue weighted by atomic mass is 16.2. The third-order valence-electron chi connectivity index (χ3n) is 5.06. The van der Waals surface area contributed by atoms with Crippen LogP contribution in [-0.2, 0) is 11.3 Å². The Kier molecular flexibility index (Phi) is 4.34. The average Bonchev–Trinajstić information content (AvgIpc) is 3.33. The SMILES string of the molecule is O=C(C1CCCNC1)N(Cc1ccc(-c2cn[nH]c2)cc1)C1CC1. The standard InChI is InChI=1S/C19H24N4O/c24-19(16-2-1-9-20-10-16)23(18-7-8-18)13-14-3-5-15(6-4-14)17-11-21-22-12-17/h3-6,11-12,16,18,20H,1-2,7-10,13H2,(H,21,22). The Bertz CT molecular complexity index is 670. The number of H-pyrrole nitrogens is 1. The van der Waals surface area contributed by atoms with Crippen LogP contribution in [0.4, 0.5) is 0 Å². The summed E-state index contributed by atoms with van der Waals surface area (Å²) < 4.78 is 0. The van der Waals surface area contributed by atoms with Gasteiger partial charge in [-0.25, -0.2) is 0 Å². The minimum absolute atomic E-state index is 0.157. The minimum Gasteiger partial charge on any atom is -0.335 e. The number of nitrogens with one attached hydrogen (secondary N) is 2. The Morgan fingerprint density at radius 1 is 1.17 bits per heavy atom. The van der Waals surface area contributed by atoms with Crippen molar-refractivity contribution in [2.45, 2.75) is 38.3 Å². The monoisotopic (exact) mass is 324 g/mol. The molecule has 1 aliphatic heterocycles. The fraction of sp³-hybridized carbons (Fsp3) is 0.474. The second-order valence-corrected chi connectivity index (χ2v) is 6.92. The molecule has 5 nitrogen and oxygen atoms in total. The fourth-order valence-corrected chi connectivity index (χ4v) is 3.48. The van der Waals surface area contributed by atoms with Gasteiger partial charge in [-0.15, -0.1) is 0 Å². The predicted molar refractivity (Wildman–Crippen MR) is 93.2 cm³/mol. The van der Waals surface area contributed by atoms with Crippen LogP contribution in [-0.4, -0.2) is 40.1 Å². The minimum atomic E-state index is 0.157. The smallest absolute Gasteiger partial charge is 0.227 e. The number of piperidine rings is 1. The summed E-state index contributed by atoms with van der Waals surface area (Å²) in [6.07, 6.45) is 8.15. The van der Waals surface area contributed by atoms with Gasteiger partial charge in [-0.1, -0.05) is 24.3 Å². The van der Waals surface area contributed by atoms with Crippen LogP contribution in [0.5, 0.6) is 0 Å². The molecule has 0 radical (unpaired) electrons. The molecule has 0 bridgehead atoms. The highest BCUT2D eigenvalue weighted by Gasteiger charge is 2.36. The maximum absolute atomic E-state index is 12.9. The largest absolute Gasteiger partial charge is 0.335 e. The van der Waals surface area contributed by atoms with E-state index in [0.29, 0.717) is 11.9 Å². The van der Waals surface area contributed by atoms with Crippen LogP contribution in [0.25, 0.3) is 11.1 Å². The van der Waals surface area contributed by atoms with E-state index in [9.17, 15) is 4.79 Å². The van der Waals surface area contributed by atoms with Crippen molar-refractivity contribution in [1.82, 2.24) is 20.4 Å². The summed E-state index contributed by atoms with van der Waals surface area (Å²) in [7, 11) is 0. The molecular formula is C19H24N4O. The quantitative estimate of drug-likeness (QED) is 0.888. The van der Waals surface area contributed by atoms with Crippen molar-refractivity contribution in [2.24, 2.45) is 5.92 Å². The van der Waals surface area contributed by atoms with Crippen LogP contribution in [0.1, 0.15) is 31.2 Å². The number of nitrogens with zero attached hydrogens (tertiary/aromatic N) is 2. The van der Waals surface area contributed by atoms with Crippen molar-refractivity contribution >= 4 is 5.91 Å². The van der Waals surface area contributed by atoms with Gasteiger partial charge in [-0.05, 0) is 43.4 Å². The molecule has 2 heterocycles. The van der Waals surface area contributed by atoms with Crippen molar-refractivity contribution in [1.29, 1.82) is 0 Å². The zero-order valence-electron chi connectivity index (χ0n) is 13.9. The van der Waals surface area contributed by atoms with Gasteiger partial charge in [0, 0.05) is 30.9 Å². The van der Waals surface area contributed by atoms with Crippen LogP contribution in [0, 0.1) is 5.92 Å². The van der Waals surface area contributed by atoms with Gasteiger partial charge < -0.3 is 10.2 Å². The molecule has 1 aromatic carbocycles. The molecule has 0 spiro atoms. The number of carbonyl (C=O) groups excluding carboxylic acids is 1. The molecule has 2 fully saturated rings. The fourth-order valence-electron chi connectivity index (χ4n) is 3.48. The van der Waals surface area contributed by atoms with Gasteiger partial charge in [0.1, 0.15) is 0 Å². The van der Waals surface area contributed by atoms with Gasteiger partial charge in [0.15, 0.2) is 0 Å². The summed E-state index contributed by atoms with van der Waals surface area (Å²) in [5.41, 5.74) is 3.43. The Labute approximate surface area is 142 Å². The summed E-state index contributed by atoms with van der Waals surface area (Å²) in [5, 5.41) is 10.2. The number of hydrogen-bond acceptors (Lipinski definition) is 3. The molecule has 1 saturated heterocycles. The number of aromatic nitrogens is 2. The molecular weight excluding hydrogens is 300 g/mol. The molecule has 1 atom stereocenters. The third-order valence-corrected chi connectivity index (χ3v) is 5.06. The highest BCUT2D eigenvalue weighted by molar-refractivity contribution is 5.80. The van der Waals surface area contributed by atoms with Crippen molar-refractivity contribution in [3.8, 4) is 11.1 Å². The van der Waals surface area contributed by atoms with Gasteiger partial charge in [0.25, 0.3) is 0 Å². The Morgan fingerprint density at radius 3 is 2.62 bits per heavy atom. The Morgan fingerprint density at radius 2 is 2.00 bits per heavy atom. The van der Waals surface area contributed by atoms with Crippen LogP contribution < -0.4 is 5.32 Å². The lowest BCUT2D eigenvalue weighted by Crippen LogP contribution is -2.43. The number of aromatic amines is 1. The lowest BCUT2D eigenvalue weighted by molar-refractivity contribution is -0.137. The van der Waals surface area contributed by atoms with E-state index in [0.717, 1.165) is 56.4 Å². The number of rotatable bonds is 5. The van der Waals surface area contributed by atoms with Crippen LogP contribution in [0.3, 0.4) is 0 Å². The molecule has 1 aromatic heterocycles. The van der Waals surface area contributed by atoms with E-state index in [1.165, 1.54) is 5.56 Å². The van der Waals surface area contributed by atoms with Crippen LogP contribution >= 0.6 is 0 Å². The van der Waals surface area contributed by atoms with E-state index in [2.05, 4.69) is 44.7 Å². The summed E-state index contributed by atoms with van der Waals surface area (Å²) in [4.78, 5) is 15.0. The first-order valence-corrected chi connectivity index (χ1v) is 8.90. The lowest BCUT2D eigenvalue weighted by atomic mass is 9.97. The third kappa shape index (κ3) is 3.36. The van der Waals surface area contributed by atoms with Crippen LogP contribution in [0.2, 0.25) is 0 Å². The van der Waals surface area contributed by atoms with E-state index in [-0.39, 0.29) is 5.92 Å². The molecule has 2 N–H and O–H groups in total. The average molecular weight is 324 g/mol. The molecule has 2 aromatic rings. The second kappa shape index (κ2) is 6.77. The van der Waals surface area contributed by atoms with Crippen molar-refractivity contribution < 1.29 is 4.79 Å². The highest BCUT2D eigenvalue weighted by Crippen LogP contribution is 2.31. The van der Waals surface area contributed by atoms with Crippen molar-refractivity contribution in [2.75, 3.05) is 13.1 Å². The maximum Gasteiger partial charge on any atom is 0.227 e. The molecule has 2 aliphatic rings. The number of amides is 1. The summed E-state index contributed by atoms with van der Waals surface area (Å²) in [6.45, 7) is 2.61. The van der Waals surface area contributed by atoms with E-state index in [1.54, 1.807) is 0 Å². The van der Waals surface area contributed by atoms with Crippen molar-refractivity contribution in [3.05, 3.63) is 42.2 Å². The molecule has 5 heteroatoms. The predicted octanol–water partition coefficient (Wildman–Crippen LogP) is 2.57. The molecule has 1 saturated carbocycles. The molecule has 1 amide bonds. The second-order valence-electron chi connectivity index (χ2n) is 6.92. The maximum atomic E-state index is 12.9. The summed E-state index contributed by atoms with van der Waals surface area (Å²) >= 11 is 0.